The number of nitrogens with zero attached hydrogens (tertiary/aromatic N) is 1. The van der Waals surface area contributed by atoms with Crippen LogP contribution in [0.3, 0.4) is 0 Å². The van der Waals surface area contributed by atoms with E-state index in [2.05, 4.69) is 0 Å². The number of carboxylic acid groups (broad SMARTS) is 1. The number of fused-ring (bicyclic) bond motifs is 1. The Morgan fingerprint density at radius 3 is 2.52 bits per heavy atom. The standard InChI is InChI=1S/C15H17NO4S/c1-11-7-8-12-5-3-4-6-13(12)15(11)21(19,20)16(2)10-9-14(17)18/h3-8H,9-10H2,1-2H3,(H,17,18). The fraction of sp³-hybridized carbons (Fsp3) is 0.267. The van der Waals surface area contributed by atoms with E-state index in [0.29, 0.717) is 10.9 Å². The van der Waals surface area contributed by atoms with Gasteiger partial charge in [0.1, 0.15) is 0 Å². The van der Waals surface area contributed by atoms with Gasteiger partial charge in [0.15, 0.2) is 0 Å². The quantitative estimate of drug-likeness (QED) is 0.919. The Kier molecular flexibility index (Phi) is 4.29. The molecule has 6 heteroatoms. The molecule has 0 bridgehead atoms. The Hall–Kier alpha value is -1.92. The van der Waals surface area contributed by atoms with Gasteiger partial charge in [0.05, 0.1) is 11.3 Å². The lowest BCUT2D eigenvalue weighted by Crippen LogP contribution is -2.29. The van der Waals surface area contributed by atoms with Crippen molar-refractivity contribution in [1.29, 1.82) is 0 Å². The topological polar surface area (TPSA) is 74.7 Å². The van der Waals surface area contributed by atoms with Crippen LogP contribution in [0.1, 0.15) is 12.0 Å². The minimum Gasteiger partial charge on any atom is -0.481 e. The summed E-state index contributed by atoms with van der Waals surface area (Å²) in [6.07, 6.45) is -0.223. The van der Waals surface area contributed by atoms with Crippen LogP contribution < -0.4 is 0 Å². The van der Waals surface area contributed by atoms with Gasteiger partial charge in [0, 0.05) is 19.0 Å². The van der Waals surface area contributed by atoms with Crippen molar-refractivity contribution in [3.05, 3.63) is 42.0 Å². The third kappa shape index (κ3) is 3.06. The molecule has 2 aromatic rings. The summed E-state index contributed by atoms with van der Waals surface area (Å²) in [5, 5.41) is 10.2. The van der Waals surface area contributed by atoms with Crippen LogP contribution >= 0.6 is 0 Å². The summed E-state index contributed by atoms with van der Waals surface area (Å²) in [7, 11) is -2.32. The molecule has 2 aromatic carbocycles. The number of rotatable bonds is 5. The van der Waals surface area contributed by atoms with Gasteiger partial charge < -0.3 is 5.11 Å². The molecule has 0 amide bonds. The van der Waals surface area contributed by atoms with Crippen molar-refractivity contribution in [3.8, 4) is 0 Å². The number of hydrogen-bond donors (Lipinski definition) is 1. The zero-order valence-electron chi connectivity index (χ0n) is 11.9. The SMILES string of the molecule is Cc1ccc2ccccc2c1S(=O)(=O)N(C)CCC(=O)O. The molecule has 0 radical (unpaired) electrons. The zero-order valence-corrected chi connectivity index (χ0v) is 12.7. The molecule has 0 fully saturated rings. The second kappa shape index (κ2) is 5.83. The highest BCUT2D eigenvalue weighted by atomic mass is 32.2. The lowest BCUT2D eigenvalue weighted by molar-refractivity contribution is -0.137. The van der Waals surface area contributed by atoms with Crippen molar-refractivity contribution in [2.75, 3.05) is 13.6 Å². The fourth-order valence-electron chi connectivity index (χ4n) is 2.22. The molecule has 0 saturated heterocycles. The van der Waals surface area contributed by atoms with Gasteiger partial charge in [-0.1, -0.05) is 36.4 Å². The van der Waals surface area contributed by atoms with E-state index in [1.54, 1.807) is 25.1 Å². The van der Waals surface area contributed by atoms with E-state index in [1.165, 1.54) is 7.05 Å². The molecule has 21 heavy (non-hydrogen) atoms. The third-order valence-corrected chi connectivity index (χ3v) is 5.45. The molecule has 0 atom stereocenters. The molecule has 112 valence electrons. The van der Waals surface area contributed by atoms with E-state index < -0.39 is 16.0 Å². The van der Waals surface area contributed by atoms with Gasteiger partial charge in [-0.15, -0.1) is 0 Å². The Bertz CT molecular complexity index is 783. The van der Waals surface area contributed by atoms with Gasteiger partial charge in [0.2, 0.25) is 10.0 Å². The lowest BCUT2D eigenvalue weighted by Gasteiger charge is -2.19. The number of hydrogen-bond acceptors (Lipinski definition) is 3. The van der Waals surface area contributed by atoms with Crippen LogP contribution in [0.5, 0.6) is 0 Å². The van der Waals surface area contributed by atoms with Crippen molar-refractivity contribution >= 4 is 26.8 Å². The minimum absolute atomic E-state index is 0.0552. The monoisotopic (exact) mass is 307 g/mol. The minimum atomic E-state index is -3.72. The fourth-order valence-corrected chi connectivity index (χ4v) is 3.81. The number of carbonyl (C=O) groups is 1. The molecular formula is C15H17NO4S. The van der Waals surface area contributed by atoms with Crippen LogP contribution in [-0.4, -0.2) is 37.4 Å². The van der Waals surface area contributed by atoms with Crippen molar-refractivity contribution in [3.63, 3.8) is 0 Å². The Balaban J connectivity index is 2.54. The van der Waals surface area contributed by atoms with Crippen LogP contribution in [0.2, 0.25) is 0 Å². The first-order valence-corrected chi connectivity index (χ1v) is 7.94. The molecule has 0 aliphatic rings. The van der Waals surface area contributed by atoms with E-state index in [4.69, 9.17) is 5.11 Å². The second-order valence-corrected chi connectivity index (χ2v) is 6.88. The Morgan fingerprint density at radius 2 is 1.86 bits per heavy atom. The van der Waals surface area contributed by atoms with Crippen LogP contribution in [-0.2, 0) is 14.8 Å². The van der Waals surface area contributed by atoms with Gasteiger partial charge in [0.25, 0.3) is 0 Å². The summed E-state index contributed by atoms with van der Waals surface area (Å²) in [5.41, 5.74) is 0.649. The average Bonchev–Trinajstić information content (AvgIpc) is 2.44. The normalized spacial score (nSPS) is 12.0. The Labute approximate surface area is 123 Å². The Morgan fingerprint density at radius 1 is 1.19 bits per heavy atom. The first-order valence-electron chi connectivity index (χ1n) is 6.50. The smallest absolute Gasteiger partial charge is 0.304 e. The molecule has 2 rings (SSSR count). The van der Waals surface area contributed by atoms with Gasteiger partial charge >= 0.3 is 5.97 Å². The number of carboxylic acids is 1. The van der Waals surface area contributed by atoms with Gasteiger partial charge in [-0.2, -0.15) is 0 Å². The maximum absolute atomic E-state index is 12.7. The molecular weight excluding hydrogens is 290 g/mol. The number of benzene rings is 2. The van der Waals surface area contributed by atoms with E-state index in [9.17, 15) is 13.2 Å². The predicted octanol–water partition coefficient (Wildman–Crippen LogP) is 2.24. The van der Waals surface area contributed by atoms with Crippen LogP contribution in [0.15, 0.2) is 41.3 Å². The largest absolute Gasteiger partial charge is 0.481 e. The molecule has 1 N–H and O–H groups in total. The molecule has 0 spiro atoms. The summed E-state index contributed by atoms with van der Waals surface area (Å²) >= 11 is 0. The molecule has 0 aliphatic carbocycles. The molecule has 0 aliphatic heterocycles. The van der Waals surface area contributed by atoms with Crippen molar-refractivity contribution in [2.45, 2.75) is 18.2 Å². The van der Waals surface area contributed by atoms with Crippen LogP contribution in [0.4, 0.5) is 0 Å². The van der Waals surface area contributed by atoms with E-state index in [-0.39, 0.29) is 17.9 Å². The summed E-state index contributed by atoms with van der Waals surface area (Å²) in [5.74, 6) is -1.02. The number of aliphatic carboxylic acids is 1. The third-order valence-electron chi connectivity index (χ3n) is 3.39. The van der Waals surface area contributed by atoms with Gasteiger partial charge in [-0.05, 0) is 17.9 Å². The van der Waals surface area contributed by atoms with Crippen LogP contribution in [0, 0.1) is 6.92 Å². The maximum Gasteiger partial charge on any atom is 0.304 e. The van der Waals surface area contributed by atoms with E-state index in [0.717, 1.165) is 9.69 Å². The molecule has 0 aromatic heterocycles. The predicted molar refractivity (Wildman–Crippen MR) is 80.8 cm³/mol. The summed E-state index contributed by atoms with van der Waals surface area (Å²) in [4.78, 5) is 10.9. The summed E-state index contributed by atoms with van der Waals surface area (Å²) in [6, 6.07) is 10.9. The highest BCUT2D eigenvalue weighted by Crippen LogP contribution is 2.28. The lowest BCUT2D eigenvalue weighted by atomic mass is 10.1. The first kappa shape index (κ1) is 15.5. The number of aryl methyl sites for hydroxylation is 1. The summed E-state index contributed by atoms with van der Waals surface area (Å²) in [6.45, 7) is 1.69. The van der Waals surface area contributed by atoms with Gasteiger partial charge in [-0.3, -0.25) is 4.79 Å². The molecule has 5 nitrogen and oxygen atoms in total. The highest BCUT2D eigenvalue weighted by Gasteiger charge is 2.25. The number of sulfonamides is 1. The summed E-state index contributed by atoms with van der Waals surface area (Å²) < 4.78 is 26.5. The average molecular weight is 307 g/mol. The highest BCUT2D eigenvalue weighted by molar-refractivity contribution is 7.89. The molecule has 0 heterocycles. The zero-order chi connectivity index (χ0) is 15.6. The first-order chi connectivity index (χ1) is 9.84. The van der Waals surface area contributed by atoms with Crippen molar-refractivity contribution < 1.29 is 18.3 Å². The van der Waals surface area contributed by atoms with E-state index in [1.807, 2.05) is 18.2 Å². The van der Waals surface area contributed by atoms with Gasteiger partial charge in [-0.25, -0.2) is 12.7 Å². The van der Waals surface area contributed by atoms with Crippen molar-refractivity contribution in [2.24, 2.45) is 0 Å². The molecule has 0 saturated carbocycles. The maximum atomic E-state index is 12.7. The van der Waals surface area contributed by atoms with Crippen LogP contribution in [0.25, 0.3) is 10.8 Å². The second-order valence-electron chi connectivity index (χ2n) is 4.90. The van der Waals surface area contributed by atoms with E-state index >= 15 is 0 Å². The molecule has 0 unspecified atom stereocenters. The van der Waals surface area contributed by atoms with Crippen molar-refractivity contribution in [1.82, 2.24) is 4.31 Å².